The fourth-order valence-corrected chi connectivity index (χ4v) is 11.7. The van der Waals surface area contributed by atoms with E-state index in [1.807, 2.05) is 0 Å². The molecule has 14 N–H and O–H groups in total. The molecule has 0 spiro atoms. The molecule has 8 rings (SSSR count). The van der Waals surface area contributed by atoms with Crippen LogP contribution in [0.2, 0.25) is 0 Å². The SMILES string of the molecule is O=C(O)c1ccccc1N=Nc1c(S(=O)(=O)O)cc2cc(S(=O)(=O)O)cc(Nc3nc(NCCSSCCNc4nc(Nc5cc(S(=O)(=O)O)cc6cc(S(=O)(=O)O)c(N=Nc7ccccc7C(=O)O)c(O)c56)[nH]c(=O)n4)nc(=O)[nH]3)c2c1O. The van der Waals surface area contributed by atoms with Crippen LogP contribution in [0.4, 0.5) is 57.9 Å². The second-order valence-electron chi connectivity index (χ2n) is 16.6. The third-order valence-corrected chi connectivity index (χ3v) is 16.8. The molecule has 84 heavy (non-hydrogen) atoms. The molecular weight excluding hydrogens is 1240 g/mol. The summed E-state index contributed by atoms with van der Waals surface area (Å²) in [6.07, 6.45) is 0. The molecule has 0 aliphatic heterocycles. The number of carboxylic acid groups (broad SMARTS) is 2. The smallest absolute Gasteiger partial charge is 0.351 e. The minimum atomic E-state index is -5.29. The summed E-state index contributed by atoms with van der Waals surface area (Å²) in [6.45, 7) is 0.201. The highest BCUT2D eigenvalue weighted by molar-refractivity contribution is 8.76. The van der Waals surface area contributed by atoms with Gasteiger partial charge in [0.1, 0.15) is 32.5 Å². The molecule has 0 unspecified atom stereocenters. The van der Waals surface area contributed by atoms with Gasteiger partial charge in [0.25, 0.3) is 40.5 Å². The maximum Gasteiger partial charge on any atom is 0.351 e. The van der Waals surface area contributed by atoms with Crippen LogP contribution >= 0.6 is 21.6 Å². The maximum atomic E-state index is 12.7. The van der Waals surface area contributed by atoms with Crippen LogP contribution < -0.4 is 32.6 Å². The lowest BCUT2D eigenvalue weighted by Gasteiger charge is -2.15. The number of carbonyl (C=O) groups is 2. The summed E-state index contributed by atoms with van der Waals surface area (Å²) < 4.78 is 140. The van der Waals surface area contributed by atoms with Gasteiger partial charge in [0.2, 0.25) is 23.8 Å². The van der Waals surface area contributed by atoms with Gasteiger partial charge in [0, 0.05) is 35.4 Å². The van der Waals surface area contributed by atoms with E-state index in [2.05, 4.69) is 71.6 Å². The minimum Gasteiger partial charge on any atom is -0.505 e. The number of benzene rings is 6. The number of aromatic carboxylic acids is 2. The van der Waals surface area contributed by atoms with Gasteiger partial charge in [0.15, 0.2) is 11.5 Å². The summed E-state index contributed by atoms with van der Waals surface area (Å²) in [7, 11) is -18.2. The van der Waals surface area contributed by atoms with Crippen molar-refractivity contribution in [3.05, 3.63) is 117 Å². The van der Waals surface area contributed by atoms with E-state index in [1.54, 1.807) is 0 Å². The molecule has 438 valence electrons. The number of hydrogen-bond acceptors (Lipinski definition) is 28. The average molecular weight is 1270 g/mol. The molecule has 2 aromatic heterocycles. The van der Waals surface area contributed by atoms with Crippen molar-refractivity contribution in [3.63, 3.8) is 0 Å². The van der Waals surface area contributed by atoms with E-state index in [9.17, 15) is 91.5 Å². The number of anilines is 6. The van der Waals surface area contributed by atoms with Gasteiger partial charge in [-0.25, -0.2) is 19.2 Å². The predicted octanol–water partition coefficient (Wildman–Crippen LogP) is 5.97. The Morgan fingerprint density at radius 3 is 1.23 bits per heavy atom. The van der Waals surface area contributed by atoms with Crippen LogP contribution in [0.1, 0.15) is 20.7 Å². The van der Waals surface area contributed by atoms with E-state index in [1.165, 1.54) is 58.0 Å². The van der Waals surface area contributed by atoms with Gasteiger partial charge in [-0.05, 0) is 71.4 Å². The number of rotatable bonds is 23. The third-order valence-electron chi connectivity index (χ3n) is 11.0. The lowest BCUT2D eigenvalue weighted by atomic mass is 10.1. The molecule has 0 amide bonds. The van der Waals surface area contributed by atoms with Crippen LogP contribution in [-0.4, -0.2) is 139 Å². The Morgan fingerprint density at radius 1 is 0.512 bits per heavy atom. The van der Waals surface area contributed by atoms with Crippen LogP contribution in [-0.2, 0) is 40.5 Å². The van der Waals surface area contributed by atoms with E-state index in [-0.39, 0.29) is 47.5 Å². The van der Waals surface area contributed by atoms with Crippen molar-refractivity contribution in [3.8, 4) is 11.5 Å². The van der Waals surface area contributed by atoms with Gasteiger partial charge in [-0.1, -0.05) is 45.9 Å². The number of carboxylic acids is 2. The minimum absolute atomic E-state index is 0.100. The predicted molar refractivity (Wildman–Crippen MR) is 299 cm³/mol. The number of nitrogens with zero attached hydrogens (tertiary/aromatic N) is 8. The van der Waals surface area contributed by atoms with E-state index in [4.69, 9.17) is 0 Å². The standard InChI is InChI=1S/C44H36N14O20S6/c59-35-31-19(15-29(83(73,74)75)33(35)57-55-25-7-3-1-5-23(25)37(61)62)13-21(81(67,68)69)17-27(31)47-41-49-39(51-43(65)53-41)45-9-11-79-80-12-10-46-40-50-42(54-44(66)52-40)48-28-18-22(82(70,71)72)14-20-16-30(84(76,77)78)34(36(60)32(20)28)58-56-26-8-4-2-6-24(26)38(63)64/h1-8,13-18,59-60H,9-12H2,(H,61,62)(H,63,64)(H,67,68,69)(H,70,71,72)(H,73,74,75)(H,76,77,78)(H3,45,47,49,51,53,65)(H3,46,48,50,52,54,66). The molecule has 34 nitrogen and oxygen atoms in total. The normalized spacial score (nSPS) is 12.3. The summed E-state index contributed by atoms with van der Waals surface area (Å²) in [4.78, 5) is 65.2. The molecule has 0 bridgehead atoms. The largest absolute Gasteiger partial charge is 0.505 e. The summed E-state index contributed by atoms with van der Waals surface area (Å²) >= 11 is 0. The summed E-state index contributed by atoms with van der Waals surface area (Å²) in [5.41, 5.74) is -6.14. The van der Waals surface area contributed by atoms with Crippen molar-refractivity contribution in [2.45, 2.75) is 19.6 Å². The first-order valence-corrected chi connectivity index (χ1v) is 31.0. The molecule has 6 aromatic carbocycles. The number of aromatic hydroxyl groups is 2. The number of H-pyrrole nitrogens is 2. The topological polar surface area (TPSA) is 547 Å². The molecule has 0 atom stereocenters. The molecule has 2 heterocycles. The second-order valence-corrected chi connectivity index (χ2v) is 25.0. The first-order valence-electron chi connectivity index (χ1n) is 22.7. The van der Waals surface area contributed by atoms with E-state index >= 15 is 0 Å². The highest BCUT2D eigenvalue weighted by atomic mass is 33.1. The van der Waals surface area contributed by atoms with Crippen LogP contribution in [0.15, 0.2) is 135 Å². The number of hydrogen-bond donors (Lipinski definition) is 14. The Hall–Kier alpha value is -9.26. The summed E-state index contributed by atoms with van der Waals surface area (Å²) in [6, 6.07) is 14.6. The van der Waals surface area contributed by atoms with Gasteiger partial charge in [-0.15, -0.1) is 20.5 Å². The first-order chi connectivity index (χ1) is 39.5. The highest BCUT2D eigenvalue weighted by Crippen LogP contribution is 2.47. The van der Waals surface area contributed by atoms with E-state index in [0.29, 0.717) is 23.6 Å². The van der Waals surface area contributed by atoms with Crippen LogP contribution in [0.3, 0.4) is 0 Å². The summed E-state index contributed by atoms with van der Waals surface area (Å²) in [5.74, 6) is -5.85. The van der Waals surface area contributed by atoms with E-state index in [0.717, 1.165) is 36.4 Å². The fourth-order valence-electron chi connectivity index (χ4n) is 7.52. The maximum absolute atomic E-state index is 12.7. The Bertz CT molecular complexity index is 4390. The van der Waals surface area contributed by atoms with Crippen LogP contribution in [0, 0.1) is 0 Å². The van der Waals surface area contributed by atoms with Gasteiger partial charge >= 0.3 is 23.3 Å². The highest BCUT2D eigenvalue weighted by Gasteiger charge is 2.28. The van der Waals surface area contributed by atoms with Gasteiger partial charge in [-0.2, -0.15) is 53.6 Å². The molecule has 8 aromatic rings. The Labute approximate surface area is 477 Å². The lowest BCUT2D eigenvalue weighted by Crippen LogP contribution is -2.19. The molecule has 0 saturated carbocycles. The average Bonchev–Trinajstić information content (AvgIpc) is 1.07. The number of nitrogens with one attached hydrogen (secondary N) is 6. The summed E-state index contributed by atoms with van der Waals surface area (Å²) in [5, 5.41) is 66.1. The number of aromatic nitrogens is 6. The van der Waals surface area contributed by atoms with Gasteiger partial charge in [0.05, 0.1) is 32.3 Å². The number of azo groups is 2. The zero-order valence-electron chi connectivity index (χ0n) is 41.4. The molecule has 0 radical (unpaired) electrons. The van der Waals surface area contributed by atoms with Crippen LogP contribution in [0.5, 0.6) is 11.5 Å². The zero-order valence-corrected chi connectivity index (χ0v) is 46.3. The van der Waals surface area contributed by atoms with E-state index < -0.39 is 151 Å². The number of phenols is 2. The van der Waals surface area contributed by atoms with Crippen molar-refractivity contribution < 1.29 is 81.9 Å². The molecule has 0 aliphatic rings. The Balaban J connectivity index is 0.948. The van der Waals surface area contributed by atoms with Crippen molar-refractivity contribution in [1.29, 1.82) is 0 Å². The second kappa shape index (κ2) is 24.3. The number of phenolic OH excluding ortho intramolecular Hbond substituents is 2. The van der Waals surface area contributed by atoms with Gasteiger partial charge < -0.3 is 41.7 Å². The van der Waals surface area contributed by atoms with Crippen molar-refractivity contribution in [1.82, 2.24) is 29.9 Å². The molecule has 0 aliphatic carbocycles. The zero-order chi connectivity index (χ0) is 61.1. The lowest BCUT2D eigenvalue weighted by molar-refractivity contribution is 0.0687. The third kappa shape index (κ3) is 14.3. The van der Waals surface area contributed by atoms with Crippen molar-refractivity contribution >= 4 is 153 Å². The van der Waals surface area contributed by atoms with Crippen molar-refractivity contribution in [2.75, 3.05) is 45.9 Å². The number of aromatic amines is 2. The molecule has 0 saturated heterocycles. The monoisotopic (exact) mass is 1270 g/mol. The molecular formula is C44H36N14O20S6. The van der Waals surface area contributed by atoms with Gasteiger partial charge in [-0.3, -0.25) is 28.2 Å². The fraction of sp³-hybridized carbons (Fsp3) is 0.0909. The number of fused-ring (bicyclic) bond motifs is 2. The Morgan fingerprint density at radius 2 is 0.881 bits per heavy atom. The van der Waals surface area contributed by atoms with Crippen LogP contribution in [0.25, 0.3) is 21.5 Å². The molecule has 40 heteroatoms. The Kier molecular flexibility index (Phi) is 17.6. The quantitative estimate of drug-likeness (QED) is 0.0152. The first kappa shape index (κ1) is 60.8. The van der Waals surface area contributed by atoms with Crippen molar-refractivity contribution in [2.24, 2.45) is 20.5 Å². The molecule has 0 fully saturated rings.